The lowest BCUT2D eigenvalue weighted by atomic mass is 10.2. The minimum atomic E-state index is -0.942. The highest BCUT2D eigenvalue weighted by molar-refractivity contribution is 5.54. The molecule has 1 aromatic carbocycles. The third-order valence-corrected chi connectivity index (χ3v) is 2.84. The molecule has 0 spiro atoms. The maximum absolute atomic E-state index is 13.1. The number of hydrogen-bond donors (Lipinski definition) is 1. The first-order valence-electron chi connectivity index (χ1n) is 5.84. The zero-order chi connectivity index (χ0) is 13.2. The summed E-state index contributed by atoms with van der Waals surface area (Å²) >= 11 is 0. The lowest BCUT2D eigenvalue weighted by molar-refractivity contribution is 0.0659. The molecular formula is C12H11F2N3O2. The molecule has 1 saturated heterocycles. The molecule has 1 atom stereocenters. The quantitative estimate of drug-likeness (QED) is 0.897. The molecule has 1 N–H and O–H groups in total. The summed E-state index contributed by atoms with van der Waals surface area (Å²) in [5.74, 6) is -1.25. The maximum Gasteiger partial charge on any atom is 0.246 e. The van der Waals surface area contributed by atoms with Gasteiger partial charge in [0.2, 0.25) is 11.7 Å². The van der Waals surface area contributed by atoms with Crippen molar-refractivity contribution in [3.8, 4) is 11.4 Å². The van der Waals surface area contributed by atoms with Crippen molar-refractivity contribution in [1.29, 1.82) is 0 Å². The summed E-state index contributed by atoms with van der Waals surface area (Å²) in [5.41, 5.74) is 0.366. The van der Waals surface area contributed by atoms with Crippen LogP contribution in [-0.4, -0.2) is 29.9 Å². The number of hydrogen-bond acceptors (Lipinski definition) is 5. The van der Waals surface area contributed by atoms with Gasteiger partial charge in [-0.1, -0.05) is 5.16 Å². The summed E-state index contributed by atoms with van der Waals surface area (Å²) < 4.78 is 36.4. The SMILES string of the molecule is Fc1ccc(-c2noc(C3COCCN3)n2)cc1F. The number of morpholine rings is 1. The highest BCUT2D eigenvalue weighted by Crippen LogP contribution is 2.21. The van der Waals surface area contributed by atoms with Gasteiger partial charge in [0.05, 0.1) is 13.2 Å². The van der Waals surface area contributed by atoms with E-state index in [-0.39, 0.29) is 11.9 Å². The van der Waals surface area contributed by atoms with E-state index in [1.54, 1.807) is 0 Å². The third-order valence-electron chi connectivity index (χ3n) is 2.84. The molecular weight excluding hydrogens is 256 g/mol. The van der Waals surface area contributed by atoms with Gasteiger partial charge in [-0.2, -0.15) is 4.98 Å². The number of benzene rings is 1. The van der Waals surface area contributed by atoms with Gasteiger partial charge < -0.3 is 14.6 Å². The predicted molar refractivity (Wildman–Crippen MR) is 61.2 cm³/mol. The topological polar surface area (TPSA) is 60.2 Å². The normalized spacial score (nSPS) is 19.6. The molecule has 5 nitrogen and oxygen atoms in total. The van der Waals surface area contributed by atoms with E-state index in [0.29, 0.717) is 31.2 Å². The number of ether oxygens (including phenoxy) is 1. The molecule has 2 heterocycles. The van der Waals surface area contributed by atoms with Crippen LogP contribution in [0.1, 0.15) is 11.9 Å². The molecule has 19 heavy (non-hydrogen) atoms. The zero-order valence-electron chi connectivity index (χ0n) is 9.90. The average Bonchev–Trinajstić information content (AvgIpc) is 2.93. The van der Waals surface area contributed by atoms with Crippen molar-refractivity contribution in [3.63, 3.8) is 0 Å². The number of rotatable bonds is 2. The fraction of sp³-hybridized carbons (Fsp3) is 0.333. The van der Waals surface area contributed by atoms with E-state index in [0.717, 1.165) is 12.1 Å². The summed E-state index contributed by atoms with van der Waals surface area (Å²) in [5, 5.41) is 6.93. The largest absolute Gasteiger partial charge is 0.378 e. The van der Waals surface area contributed by atoms with Crippen LogP contribution >= 0.6 is 0 Å². The molecule has 7 heteroatoms. The number of aromatic nitrogens is 2. The second-order valence-electron chi connectivity index (χ2n) is 4.17. The zero-order valence-corrected chi connectivity index (χ0v) is 9.90. The van der Waals surface area contributed by atoms with Crippen molar-refractivity contribution < 1.29 is 18.0 Å². The number of nitrogens with zero attached hydrogens (tertiary/aromatic N) is 2. The van der Waals surface area contributed by atoms with E-state index < -0.39 is 11.6 Å². The summed E-state index contributed by atoms with van der Waals surface area (Å²) in [6.07, 6.45) is 0. The van der Waals surface area contributed by atoms with Gasteiger partial charge in [-0.05, 0) is 18.2 Å². The first-order valence-corrected chi connectivity index (χ1v) is 5.84. The Morgan fingerprint density at radius 3 is 2.89 bits per heavy atom. The fourth-order valence-corrected chi connectivity index (χ4v) is 1.85. The van der Waals surface area contributed by atoms with Crippen molar-refractivity contribution in [2.24, 2.45) is 0 Å². The van der Waals surface area contributed by atoms with Crippen molar-refractivity contribution in [2.45, 2.75) is 6.04 Å². The Bertz CT molecular complexity index is 582. The van der Waals surface area contributed by atoms with E-state index in [1.807, 2.05) is 0 Å². The van der Waals surface area contributed by atoms with Gasteiger partial charge in [0.1, 0.15) is 6.04 Å². The molecule has 0 radical (unpaired) electrons. The number of nitrogens with one attached hydrogen (secondary N) is 1. The van der Waals surface area contributed by atoms with Crippen LogP contribution in [0.5, 0.6) is 0 Å². The predicted octanol–water partition coefficient (Wildman–Crippen LogP) is 1.68. The summed E-state index contributed by atoms with van der Waals surface area (Å²) in [4.78, 5) is 4.17. The van der Waals surface area contributed by atoms with Gasteiger partial charge in [0.25, 0.3) is 0 Å². The van der Waals surface area contributed by atoms with Crippen LogP contribution in [0.4, 0.5) is 8.78 Å². The van der Waals surface area contributed by atoms with Crippen molar-refractivity contribution in [1.82, 2.24) is 15.5 Å². The summed E-state index contributed by atoms with van der Waals surface area (Å²) in [6.45, 7) is 1.79. The van der Waals surface area contributed by atoms with Crippen molar-refractivity contribution in [3.05, 3.63) is 35.7 Å². The smallest absolute Gasteiger partial charge is 0.246 e. The van der Waals surface area contributed by atoms with E-state index in [2.05, 4.69) is 15.5 Å². The minimum absolute atomic E-state index is 0.166. The first kappa shape index (κ1) is 12.2. The van der Waals surface area contributed by atoms with Gasteiger partial charge >= 0.3 is 0 Å². The molecule has 1 unspecified atom stereocenters. The molecule has 1 fully saturated rings. The van der Waals surface area contributed by atoms with Crippen LogP contribution in [0.2, 0.25) is 0 Å². The fourth-order valence-electron chi connectivity index (χ4n) is 1.85. The molecule has 3 rings (SSSR count). The number of halogens is 2. The van der Waals surface area contributed by atoms with Crippen LogP contribution in [0.15, 0.2) is 22.7 Å². The molecule has 1 aliphatic rings. The Labute approximate surface area is 107 Å². The molecule has 2 aromatic rings. The molecule has 0 bridgehead atoms. The average molecular weight is 267 g/mol. The lowest BCUT2D eigenvalue weighted by Crippen LogP contribution is -2.34. The monoisotopic (exact) mass is 267 g/mol. The van der Waals surface area contributed by atoms with Gasteiger partial charge in [-0.3, -0.25) is 0 Å². The molecule has 1 aliphatic heterocycles. The van der Waals surface area contributed by atoms with E-state index in [1.165, 1.54) is 6.07 Å². The van der Waals surface area contributed by atoms with Crippen LogP contribution in [-0.2, 0) is 4.74 Å². The van der Waals surface area contributed by atoms with E-state index >= 15 is 0 Å². The first-order chi connectivity index (χ1) is 9.24. The molecule has 1 aromatic heterocycles. The van der Waals surface area contributed by atoms with Crippen LogP contribution in [0.3, 0.4) is 0 Å². The van der Waals surface area contributed by atoms with Gasteiger partial charge in [-0.25, -0.2) is 8.78 Å². The summed E-state index contributed by atoms with van der Waals surface area (Å²) in [6, 6.07) is 3.30. The minimum Gasteiger partial charge on any atom is -0.378 e. The van der Waals surface area contributed by atoms with Gasteiger partial charge in [0.15, 0.2) is 11.6 Å². The molecule has 100 valence electrons. The van der Waals surface area contributed by atoms with Gasteiger partial charge in [-0.15, -0.1) is 0 Å². The van der Waals surface area contributed by atoms with Crippen molar-refractivity contribution >= 4 is 0 Å². The Balaban J connectivity index is 1.85. The second-order valence-corrected chi connectivity index (χ2v) is 4.17. The highest BCUT2D eigenvalue weighted by Gasteiger charge is 2.22. The van der Waals surface area contributed by atoms with Gasteiger partial charge in [0, 0.05) is 12.1 Å². The highest BCUT2D eigenvalue weighted by atomic mass is 19.2. The Hall–Kier alpha value is -1.86. The Kier molecular flexibility index (Phi) is 3.22. The van der Waals surface area contributed by atoms with Crippen LogP contribution in [0.25, 0.3) is 11.4 Å². The van der Waals surface area contributed by atoms with Crippen LogP contribution in [0, 0.1) is 11.6 Å². The van der Waals surface area contributed by atoms with E-state index in [9.17, 15) is 8.78 Å². The second kappa shape index (κ2) is 5.02. The van der Waals surface area contributed by atoms with E-state index in [4.69, 9.17) is 9.26 Å². The standard InChI is InChI=1S/C12H11F2N3O2/c13-8-2-1-7(5-9(8)14)11-16-12(19-17-11)10-6-18-4-3-15-10/h1-2,5,10,15H,3-4,6H2. The molecule has 0 aliphatic carbocycles. The van der Waals surface area contributed by atoms with Crippen LogP contribution < -0.4 is 5.32 Å². The summed E-state index contributed by atoms with van der Waals surface area (Å²) in [7, 11) is 0. The third kappa shape index (κ3) is 2.47. The molecule has 0 amide bonds. The lowest BCUT2D eigenvalue weighted by Gasteiger charge is -2.20. The Morgan fingerprint density at radius 1 is 1.26 bits per heavy atom. The molecule has 0 saturated carbocycles. The Morgan fingerprint density at radius 2 is 2.16 bits per heavy atom. The van der Waals surface area contributed by atoms with Crippen molar-refractivity contribution in [2.75, 3.05) is 19.8 Å². The maximum atomic E-state index is 13.1.